The minimum atomic E-state index is -0.668. The van der Waals surface area contributed by atoms with Crippen molar-refractivity contribution in [3.63, 3.8) is 0 Å². The highest BCUT2D eigenvalue weighted by Gasteiger charge is 2.32. The number of nitrogens with one attached hydrogen (secondary N) is 2. The van der Waals surface area contributed by atoms with Gasteiger partial charge in [-0.3, -0.25) is 24.2 Å². The average Bonchev–Trinajstić information content (AvgIpc) is 3.94. The Kier molecular flexibility index (Phi) is 11.3. The van der Waals surface area contributed by atoms with Crippen LogP contribution in [0.4, 0.5) is 11.4 Å². The van der Waals surface area contributed by atoms with Gasteiger partial charge in [0.05, 0.1) is 38.7 Å². The van der Waals surface area contributed by atoms with Gasteiger partial charge in [-0.1, -0.05) is 60.3 Å². The van der Waals surface area contributed by atoms with Crippen LogP contribution in [0.5, 0.6) is 0 Å². The third-order valence-corrected chi connectivity index (χ3v) is 13.5. The third-order valence-electron chi connectivity index (χ3n) is 12.7. The first-order chi connectivity index (χ1) is 27.0. The summed E-state index contributed by atoms with van der Waals surface area (Å²) in [5, 5.41) is 15.9. The Labute approximate surface area is 337 Å². The van der Waals surface area contributed by atoms with E-state index in [1.54, 1.807) is 18.2 Å². The van der Waals surface area contributed by atoms with Gasteiger partial charge in [-0.25, -0.2) is 9.97 Å². The molecule has 2 aliphatic carbocycles. The van der Waals surface area contributed by atoms with Crippen LogP contribution in [-0.4, -0.2) is 77.5 Å². The maximum atomic E-state index is 13.7. The van der Waals surface area contributed by atoms with Gasteiger partial charge in [0.15, 0.2) is 11.6 Å². The number of aromatic nitrogens is 4. The maximum Gasteiger partial charge on any atom is 0.306 e. The van der Waals surface area contributed by atoms with Gasteiger partial charge in [-0.05, 0) is 69.5 Å². The molecule has 2 aromatic carbocycles. The molecule has 4 aliphatic rings. The zero-order valence-corrected chi connectivity index (χ0v) is 33.6. The molecule has 12 nitrogen and oxygen atoms in total. The van der Waals surface area contributed by atoms with Crippen LogP contribution in [0.25, 0.3) is 11.1 Å². The molecule has 56 heavy (non-hydrogen) atoms. The molecule has 8 rings (SSSR count). The maximum absolute atomic E-state index is 13.7. The van der Waals surface area contributed by atoms with E-state index in [1.807, 2.05) is 41.4 Å². The molecule has 2 fully saturated rings. The number of rotatable bonds is 10. The normalized spacial score (nSPS) is 20.4. The smallest absolute Gasteiger partial charge is 0.306 e. The Morgan fingerprint density at radius 1 is 0.750 bits per heavy atom. The highest BCUT2D eigenvalue weighted by molar-refractivity contribution is 6.40. The standard InChI is InChI=1S/C42H50Cl2N8O4/c1-49-34-18-21-51(20-17-25-13-15-26(16-14-25)42(55)56)23-32(34)45-38(49)40(53)47-30-11-5-9-28(36(30)43)29-10-6-12-31(37(29)44)48-41(54)39-46-33-24-52(27-7-3-4-8-27)22-19-35(33)50(39)2/h5-6,9-12,25-27H,3-4,7-8,13-24H2,1-2H3,(H,47,53)(H,48,54)(H,55,56). The number of carboxylic acid groups (broad SMARTS) is 1. The highest BCUT2D eigenvalue weighted by Crippen LogP contribution is 2.41. The first-order valence-corrected chi connectivity index (χ1v) is 20.8. The second kappa shape index (κ2) is 16.3. The summed E-state index contributed by atoms with van der Waals surface area (Å²) < 4.78 is 3.78. The number of anilines is 2. The van der Waals surface area contributed by atoms with Crippen molar-refractivity contribution in [2.45, 2.75) is 89.8 Å². The molecule has 2 aromatic heterocycles. The molecule has 0 bridgehead atoms. The van der Waals surface area contributed by atoms with Gasteiger partial charge in [0.25, 0.3) is 11.8 Å². The first kappa shape index (κ1) is 38.6. The number of carbonyl (C=O) groups excluding carboxylic acids is 2. The molecule has 2 aliphatic heterocycles. The molecule has 0 atom stereocenters. The average molecular weight is 802 g/mol. The Bertz CT molecular complexity index is 2150. The van der Waals surface area contributed by atoms with Crippen molar-refractivity contribution >= 4 is 52.4 Å². The zero-order chi connectivity index (χ0) is 39.1. The van der Waals surface area contributed by atoms with Gasteiger partial charge >= 0.3 is 5.97 Å². The van der Waals surface area contributed by atoms with Crippen LogP contribution in [0.3, 0.4) is 0 Å². The number of carboxylic acids is 1. The number of aliphatic carboxylic acids is 1. The molecule has 3 N–H and O–H groups in total. The molecule has 14 heteroatoms. The molecular formula is C42H50Cl2N8O4. The monoisotopic (exact) mass is 800 g/mol. The number of halogens is 2. The first-order valence-electron chi connectivity index (χ1n) is 20.0. The number of hydrogen-bond donors (Lipinski definition) is 3. The minimum absolute atomic E-state index is 0.195. The van der Waals surface area contributed by atoms with Crippen molar-refractivity contribution in [3.8, 4) is 11.1 Å². The molecule has 2 amide bonds. The van der Waals surface area contributed by atoms with E-state index in [0.29, 0.717) is 62.7 Å². The van der Waals surface area contributed by atoms with E-state index in [0.717, 1.165) is 93.9 Å². The van der Waals surface area contributed by atoms with Crippen LogP contribution in [0.2, 0.25) is 10.0 Å². The Morgan fingerprint density at radius 3 is 1.84 bits per heavy atom. The molecule has 0 spiro atoms. The summed E-state index contributed by atoms with van der Waals surface area (Å²) in [5.74, 6) is -0.334. The minimum Gasteiger partial charge on any atom is -0.481 e. The predicted octanol–water partition coefficient (Wildman–Crippen LogP) is 7.57. The predicted molar refractivity (Wildman–Crippen MR) is 217 cm³/mol. The van der Waals surface area contributed by atoms with Crippen LogP contribution in [-0.2, 0) is 44.8 Å². The Morgan fingerprint density at radius 2 is 1.29 bits per heavy atom. The van der Waals surface area contributed by atoms with E-state index in [2.05, 4.69) is 20.4 Å². The second-order valence-corrected chi connectivity index (χ2v) is 16.8. The van der Waals surface area contributed by atoms with Gasteiger partial charge < -0.3 is 24.9 Å². The zero-order valence-electron chi connectivity index (χ0n) is 32.1. The van der Waals surface area contributed by atoms with Crippen LogP contribution >= 0.6 is 23.2 Å². The lowest BCUT2D eigenvalue weighted by Gasteiger charge is -2.31. The van der Waals surface area contributed by atoms with Crippen LogP contribution in [0.1, 0.15) is 102 Å². The van der Waals surface area contributed by atoms with Gasteiger partial charge in [0, 0.05) is 81.7 Å². The van der Waals surface area contributed by atoms with E-state index >= 15 is 0 Å². The molecule has 0 unspecified atom stereocenters. The summed E-state index contributed by atoms with van der Waals surface area (Å²) in [6, 6.07) is 11.4. The number of nitrogens with zero attached hydrogens (tertiary/aromatic N) is 6. The summed E-state index contributed by atoms with van der Waals surface area (Å²) in [4.78, 5) is 53.2. The molecule has 4 aromatic rings. The second-order valence-electron chi connectivity index (χ2n) is 16.0. The molecule has 0 saturated heterocycles. The Balaban J connectivity index is 0.924. The largest absolute Gasteiger partial charge is 0.481 e. The lowest BCUT2D eigenvalue weighted by atomic mass is 9.80. The fourth-order valence-corrected chi connectivity index (χ4v) is 9.95. The van der Waals surface area contributed by atoms with E-state index < -0.39 is 5.97 Å². The third kappa shape index (κ3) is 7.73. The molecule has 296 valence electrons. The lowest BCUT2D eigenvalue weighted by Crippen LogP contribution is -2.38. The van der Waals surface area contributed by atoms with Crippen molar-refractivity contribution in [1.82, 2.24) is 28.9 Å². The molecule has 2 saturated carbocycles. The number of hydrogen-bond acceptors (Lipinski definition) is 7. The number of carbonyl (C=O) groups is 3. The summed E-state index contributed by atoms with van der Waals surface area (Å²) in [6.45, 7) is 4.24. The number of amides is 2. The van der Waals surface area contributed by atoms with Gasteiger partial charge in [0.1, 0.15) is 0 Å². The SMILES string of the molecule is Cn1c(C(=O)Nc2cccc(-c3cccc(NC(=O)c4nc5c(n4C)CCN(C4CCCC4)C5)c3Cl)c2Cl)nc2c1CCN(CCC1CCC(C(=O)O)CC1)C2. The summed E-state index contributed by atoms with van der Waals surface area (Å²) in [6.07, 6.45) is 11.2. The number of fused-ring (bicyclic) bond motifs is 2. The quantitative estimate of drug-likeness (QED) is 0.149. The molecule has 4 heterocycles. The van der Waals surface area contributed by atoms with Gasteiger partial charge in [0.2, 0.25) is 0 Å². The van der Waals surface area contributed by atoms with E-state index in [4.69, 9.17) is 33.2 Å². The van der Waals surface area contributed by atoms with E-state index in [1.165, 1.54) is 25.7 Å². The van der Waals surface area contributed by atoms with E-state index in [-0.39, 0.29) is 17.7 Å². The van der Waals surface area contributed by atoms with Crippen LogP contribution in [0.15, 0.2) is 36.4 Å². The molecule has 0 radical (unpaired) electrons. The van der Waals surface area contributed by atoms with Crippen LogP contribution < -0.4 is 10.6 Å². The summed E-state index contributed by atoms with van der Waals surface area (Å²) >= 11 is 14.0. The number of imidazole rings is 2. The fourth-order valence-electron chi connectivity index (χ4n) is 9.40. The summed E-state index contributed by atoms with van der Waals surface area (Å²) in [7, 11) is 3.78. The Hall–Kier alpha value is -4.23. The lowest BCUT2D eigenvalue weighted by molar-refractivity contribution is -0.143. The van der Waals surface area contributed by atoms with Crippen molar-refractivity contribution in [3.05, 3.63) is 80.9 Å². The van der Waals surface area contributed by atoms with Crippen molar-refractivity contribution in [2.75, 3.05) is 30.3 Å². The molecular weight excluding hydrogens is 751 g/mol. The van der Waals surface area contributed by atoms with Crippen LogP contribution in [0, 0.1) is 11.8 Å². The van der Waals surface area contributed by atoms with Crippen molar-refractivity contribution in [1.29, 1.82) is 0 Å². The highest BCUT2D eigenvalue weighted by atomic mass is 35.5. The fraction of sp³-hybridized carbons (Fsp3) is 0.500. The summed E-state index contributed by atoms with van der Waals surface area (Å²) in [5.41, 5.74) is 6.11. The van der Waals surface area contributed by atoms with Gasteiger partial charge in [-0.2, -0.15) is 0 Å². The van der Waals surface area contributed by atoms with E-state index in [9.17, 15) is 19.5 Å². The number of benzene rings is 2. The van der Waals surface area contributed by atoms with Crippen molar-refractivity contribution in [2.24, 2.45) is 25.9 Å². The topological polar surface area (TPSA) is 138 Å². The van der Waals surface area contributed by atoms with Crippen molar-refractivity contribution < 1.29 is 19.5 Å². The van der Waals surface area contributed by atoms with Gasteiger partial charge in [-0.15, -0.1) is 0 Å².